The first-order chi connectivity index (χ1) is 8.15. The molecule has 6 nitrogen and oxygen atoms in total. The van der Waals surface area contributed by atoms with Crippen LogP contribution in [0.4, 0.5) is 5.95 Å². The third kappa shape index (κ3) is 1.67. The van der Waals surface area contributed by atoms with Gasteiger partial charge in [-0.2, -0.15) is 4.98 Å². The van der Waals surface area contributed by atoms with Crippen molar-refractivity contribution in [3.05, 3.63) is 5.82 Å². The van der Waals surface area contributed by atoms with E-state index in [9.17, 15) is 4.79 Å². The summed E-state index contributed by atoms with van der Waals surface area (Å²) >= 11 is 0. The van der Waals surface area contributed by atoms with Gasteiger partial charge in [0.2, 0.25) is 5.95 Å². The van der Waals surface area contributed by atoms with Gasteiger partial charge in [0.15, 0.2) is 0 Å². The van der Waals surface area contributed by atoms with Gasteiger partial charge in [0.25, 0.3) is 5.82 Å². The van der Waals surface area contributed by atoms with Crippen LogP contribution in [-0.2, 0) is 7.05 Å². The minimum absolute atomic E-state index is 0.112. The van der Waals surface area contributed by atoms with Gasteiger partial charge in [0, 0.05) is 20.1 Å². The van der Waals surface area contributed by atoms with E-state index < -0.39 is 5.97 Å². The van der Waals surface area contributed by atoms with Crippen LogP contribution in [0.15, 0.2) is 0 Å². The monoisotopic (exact) mass is 236 g/mol. The van der Waals surface area contributed by atoms with Crippen LogP contribution >= 0.6 is 0 Å². The molecule has 0 amide bonds. The van der Waals surface area contributed by atoms with Gasteiger partial charge in [-0.05, 0) is 24.7 Å². The van der Waals surface area contributed by atoms with Crippen molar-refractivity contribution in [2.24, 2.45) is 18.9 Å². The van der Waals surface area contributed by atoms with E-state index in [0.29, 0.717) is 5.95 Å². The molecule has 1 aromatic rings. The highest BCUT2D eigenvalue weighted by Crippen LogP contribution is 2.38. The lowest BCUT2D eigenvalue weighted by Crippen LogP contribution is -2.24. The van der Waals surface area contributed by atoms with Crippen molar-refractivity contribution < 1.29 is 9.90 Å². The van der Waals surface area contributed by atoms with Gasteiger partial charge < -0.3 is 10.0 Å². The molecule has 92 valence electrons. The van der Waals surface area contributed by atoms with E-state index in [2.05, 4.69) is 15.0 Å². The van der Waals surface area contributed by atoms with Gasteiger partial charge in [-0.1, -0.05) is 6.42 Å². The maximum atomic E-state index is 10.8. The molecule has 6 heteroatoms. The zero-order chi connectivity index (χ0) is 12.0. The van der Waals surface area contributed by atoms with Crippen molar-refractivity contribution in [1.29, 1.82) is 0 Å². The molecule has 2 aliphatic rings. The molecule has 1 aromatic heterocycles. The summed E-state index contributed by atoms with van der Waals surface area (Å²) in [5, 5.41) is 12.8. The standard InChI is InChI=1S/C11H16N4O2/c1-14-11(12-9(13-14)10(16)17)15-5-7-3-2-4-8(7)6-15/h7-8H,2-6H2,1H3,(H,16,17)/t7-,8+. The van der Waals surface area contributed by atoms with Gasteiger partial charge in [-0.15, -0.1) is 5.10 Å². The Morgan fingerprint density at radius 1 is 1.35 bits per heavy atom. The highest BCUT2D eigenvalue weighted by atomic mass is 16.4. The average Bonchev–Trinajstić information content (AvgIpc) is 2.88. The zero-order valence-electron chi connectivity index (χ0n) is 9.83. The van der Waals surface area contributed by atoms with Crippen LogP contribution in [0.1, 0.15) is 29.9 Å². The summed E-state index contributed by atoms with van der Waals surface area (Å²) in [4.78, 5) is 17.1. The average molecular weight is 236 g/mol. The van der Waals surface area contributed by atoms with Crippen LogP contribution in [-0.4, -0.2) is 38.9 Å². The second kappa shape index (κ2) is 3.72. The predicted molar refractivity (Wildman–Crippen MR) is 61.0 cm³/mol. The highest BCUT2D eigenvalue weighted by Gasteiger charge is 2.37. The number of carboxylic acid groups (broad SMARTS) is 1. The maximum Gasteiger partial charge on any atom is 0.375 e. The number of hydrogen-bond donors (Lipinski definition) is 1. The molecule has 0 radical (unpaired) electrons. The Labute approximate surface area is 99.2 Å². The molecule has 2 atom stereocenters. The minimum atomic E-state index is -1.06. The second-order valence-corrected chi connectivity index (χ2v) is 5.02. The first-order valence-corrected chi connectivity index (χ1v) is 6.04. The first kappa shape index (κ1) is 10.6. The molecule has 0 bridgehead atoms. The van der Waals surface area contributed by atoms with Crippen molar-refractivity contribution in [2.45, 2.75) is 19.3 Å². The summed E-state index contributed by atoms with van der Waals surface area (Å²) in [5.74, 6) is 1.04. The maximum absolute atomic E-state index is 10.8. The third-order valence-electron chi connectivity index (χ3n) is 3.94. The topological polar surface area (TPSA) is 71.2 Å². The van der Waals surface area contributed by atoms with Crippen LogP contribution in [0.2, 0.25) is 0 Å². The third-order valence-corrected chi connectivity index (χ3v) is 3.94. The summed E-state index contributed by atoms with van der Waals surface area (Å²) in [6.07, 6.45) is 3.93. The summed E-state index contributed by atoms with van der Waals surface area (Å²) in [6.45, 7) is 1.99. The van der Waals surface area contributed by atoms with E-state index in [4.69, 9.17) is 5.11 Å². The molecule has 17 heavy (non-hydrogen) atoms. The Morgan fingerprint density at radius 3 is 2.53 bits per heavy atom. The highest BCUT2D eigenvalue weighted by molar-refractivity contribution is 5.83. The number of anilines is 1. The van der Waals surface area contributed by atoms with E-state index in [1.807, 2.05) is 0 Å². The number of rotatable bonds is 2. The van der Waals surface area contributed by atoms with Crippen LogP contribution in [0.3, 0.4) is 0 Å². The summed E-state index contributed by atoms with van der Waals surface area (Å²) in [6, 6.07) is 0. The minimum Gasteiger partial charge on any atom is -0.475 e. The lowest BCUT2D eigenvalue weighted by Gasteiger charge is -2.16. The molecular weight excluding hydrogens is 220 g/mol. The zero-order valence-corrected chi connectivity index (χ0v) is 9.83. The molecule has 1 N–H and O–H groups in total. The van der Waals surface area contributed by atoms with E-state index in [-0.39, 0.29) is 5.82 Å². The molecule has 1 aliphatic carbocycles. The molecule has 2 fully saturated rings. The molecule has 1 saturated heterocycles. The van der Waals surface area contributed by atoms with E-state index >= 15 is 0 Å². The number of aromatic nitrogens is 3. The van der Waals surface area contributed by atoms with Crippen LogP contribution in [0, 0.1) is 11.8 Å². The molecule has 0 spiro atoms. The quantitative estimate of drug-likeness (QED) is 0.820. The van der Waals surface area contributed by atoms with Gasteiger partial charge in [0.05, 0.1) is 0 Å². The van der Waals surface area contributed by atoms with Crippen molar-refractivity contribution >= 4 is 11.9 Å². The van der Waals surface area contributed by atoms with E-state index in [1.54, 1.807) is 11.7 Å². The lowest BCUT2D eigenvalue weighted by atomic mass is 10.0. The fraction of sp³-hybridized carbons (Fsp3) is 0.727. The molecule has 0 aromatic carbocycles. The van der Waals surface area contributed by atoms with Gasteiger partial charge >= 0.3 is 5.97 Å². The Morgan fingerprint density at radius 2 is 2.00 bits per heavy atom. The smallest absolute Gasteiger partial charge is 0.375 e. The Bertz CT molecular complexity index is 444. The lowest BCUT2D eigenvalue weighted by molar-refractivity contribution is 0.0683. The Balaban J connectivity index is 1.83. The second-order valence-electron chi connectivity index (χ2n) is 5.02. The van der Waals surface area contributed by atoms with E-state index in [1.165, 1.54) is 19.3 Å². The van der Waals surface area contributed by atoms with Crippen molar-refractivity contribution in [2.75, 3.05) is 18.0 Å². The summed E-state index contributed by atoms with van der Waals surface area (Å²) < 4.78 is 1.57. The molecule has 1 aliphatic heterocycles. The number of aromatic carboxylic acids is 1. The molecule has 3 rings (SSSR count). The Hall–Kier alpha value is -1.59. The number of fused-ring (bicyclic) bond motifs is 1. The predicted octanol–water partition coefficient (Wildman–Crippen LogP) is 0.750. The fourth-order valence-electron chi connectivity index (χ4n) is 3.14. The molecule has 0 unspecified atom stereocenters. The van der Waals surface area contributed by atoms with Crippen LogP contribution < -0.4 is 4.90 Å². The Kier molecular flexibility index (Phi) is 2.31. The van der Waals surface area contributed by atoms with Crippen molar-refractivity contribution in [1.82, 2.24) is 14.8 Å². The van der Waals surface area contributed by atoms with Crippen molar-refractivity contribution in [3.8, 4) is 0 Å². The summed E-state index contributed by atoms with van der Waals surface area (Å²) in [7, 11) is 1.75. The normalized spacial score (nSPS) is 27.5. The molecule has 1 saturated carbocycles. The van der Waals surface area contributed by atoms with Crippen LogP contribution in [0.5, 0.6) is 0 Å². The van der Waals surface area contributed by atoms with Gasteiger partial charge in [0.1, 0.15) is 0 Å². The number of hydrogen-bond acceptors (Lipinski definition) is 4. The largest absolute Gasteiger partial charge is 0.475 e. The number of aryl methyl sites for hydroxylation is 1. The fourth-order valence-corrected chi connectivity index (χ4v) is 3.14. The van der Waals surface area contributed by atoms with Gasteiger partial charge in [-0.25, -0.2) is 9.48 Å². The van der Waals surface area contributed by atoms with Crippen LogP contribution in [0.25, 0.3) is 0 Å². The molecular formula is C11H16N4O2. The van der Waals surface area contributed by atoms with Crippen molar-refractivity contribution in [3.63, 3.8) is 0 Å². The van der Waals surface area contributed by atoms with E-state index in [0.717, 1.165) is 24.9 Å². The first-order valence-electron chi connectivity index (χ1n) is 6.04. The SMILES string of the molecule is Cn1nc(C(=O)O)nc1N1C[C@H]2CCC[C@H]2C1. The molecule has 2 heterocycles. The number of nitrogens with zero attached hydrogens (tertiary/aromatic N) is 4. The summed E-state index contributed by atoms with van der Waals surface area (Å²) in [5.41, 5.74) is 0. The van der Waals surface area contributed by atoms with Gasteiger partial charge in [-0.3, -0.25) is 0 Å². The number of carbonyl (C=O) groups is 1. The number of carboxylic acids is 1.